The third-order valence-corrected chi connectivity index (χ3v) is 6.41. The number of hydrogen-bond donors (Lipinski definition) is 0. The fourth-order valence-electron chi connectivity index (χ4n) is 3.14. The molecule has 0 N–H and O–H groups in total. The Morgan fingerprint density at radius 1 is 0.426 bits per heavy atom. The molecule has 0 bridgehead atoms. The molecule has 0 atom stereocenters. The normalized spacial score (nSPS) is 38.3. The molecule has 0 saturated heterocycles. The van der Waals surface area contributed by atoms with Gasteiger partial charge in [-0.2, -0.15) is 4.57 Å². The van der Waals surface area contributed by atoms with Crippen molar-refractivity contribution in [1.82, 2.24) is 0 Å². The zero-order chi connectivity index (χ0) is 89.0. The minimum atomic E-state index is -8.82. The molecule has 0 aliphatic rings. The largest absolute Gasteiger partial charge is 0.647 e. The molecule has 0 spiro atoms. The van der Waals surface area contributed by atoms with Crippen molar-refractivity contribution in [3.05, 3.63) is 87.8 Å². The monoisotopic (exact) mass is 726 g/mol. The zero-order valence-electron chi connectivity index (χ0n) is 86.1. The van der Waals surface area contributed by atoms with Crippen molar-refractivity contribution in [2.24, 2.45) is 0 Å². The SMILES string of the molecule is [2H]c1c([2H])c(C(C([2H])([2H])[2H])(C([2H])([2H])[2H])C([2H])([2H])[2H])c([2H])c(C(C([2H])([2H])[2H])(C([2H])([2H])[2H])C([2H])([2H])[2H])c1OP(=O)(Oc1c([2H])c([2H])c(C(C([2H])([2H])[2H])(C([2H])([2H])[2H])C([2H])([2H])[2H])c([2H])c1C(C([2H])([2H])[2H])(C([2H])([2H])[2H])C([2H])([2H])[2H])Oc1c([2H])c([2H])c(C(C([2H])([2H])[2H])(C([2H])([2H])[2H])C([2H])([2H])[2H])c([2H])c1C(C([2H])([2H])[2H])(C([2H])([2H])[2H])C([2H])([2H])[2H]. The van der Waals surface area contributed by atoms with E-state index >= 15 is 4.57 Å². The van der Waals surface area contributed by atoms with Gasteiger partial charge in [-0.05, 0) is 67.3 Å². The highest BCUT2D eigenvalue weighted by molar-refractivity contribution is 7.49. The van der Waals surface area contributed by atoms with Crippen LogP contribution in [0.4, 0.5) is 0 Å². The summed E-state index contributed by atoms with van der Waals surface area (Å²) in [5.41, 5.74) is -50.2. The molecule has 0 aromatic heterocycles. The van der Waals surface area contributed by atoms with E-state index in [-0.39, 0.29) is 0 Å². The minimum Gasteiger partial charge on any atom is -0.386 e. The fraction of sp³-hybridized carbons (Fsp3) is 0.571. The first kappa shape index (κ1) is 6.95. The van der Waals surface area contributed by atoms with Crippen molar-refractivity contribution >= 4 is 7.82 Å². The Morgan fingerprint density at radius 2 is 0.660 bits per heavy atom. The van der Waals surface area contributed by atoms with Crippen molar-refractivity contribution in [2.45, 2.75) is 156 Å². The van der Waals surface area contributed by atoms with Gasteiger partial charge < -0.3 is 13.6 Å². The van der Waals surface area contributed by atoms with Gasteiger partial charge in [0.15, 0.2) is 0 Å². The Labute approximate surface area is 376 Å². The van der Waals surface area contributed by atoms with Gasteiger partial charge in [-0.15, -0.1) is 0 Å². The van der Waals surface area contributed by atoms with Crippen LogP contribution in [0.3, 0.4) is 0 Å². The summed E-state index contributed by atoms with van der Waals surface area (Å²) in [4.78, 5) is 0. The summed E-state index contributed by atoms with van der Waals surface area (Å²) in [6, 6.07) is -25.9. The van der Waals surface area contributed by atoms with Gasteiger partial charge >= 0.3 is 7.82 Å². The molecule has 5 heteroatoms. The molecule has 0 aliphatic heterocycles. The molecule has 0 heterocycles. The van der Waals surface area contributed by atoms with Crippen LogP contribution in [0, 0.1) is 0 Å². The van der Waals surface area contributed by atoms with Crippen LogP contribution in [0.25, 0.3) is 0 Å². The second-order valence-corrected chi connectivity index (χ2v) is 11.0. The Hall–Kier alpha value is -2.71. The molecule has 0 amide bonds. The molecule has 0 aliphatic carbocycles. The predicted molar refractivity (Wildman–Crippen MR) is 201 cm³/mol. The first-order valence-electron chi connectivity index (χ1n) is 43.3. The molecule has 3 aromatic rings. The van der Waals surface area contributed by atoms with Crippen LogP contribution >= 0.6 is 7.82 Å². The van der Waals surface area contributed by atoms with Crippen LogP contribution in [-0.2, 0) is 37.1 Å². The van der Waals surface area contributed by atoms with Crippen molar-refractivity contribution in [1.29, 1.82) is 0 Å². The Bertz CT molecular complexity index is 3390. The number of rotatable bonds is 6. The van der Waals surface area contributed by atoms with Crippen LogP contribution in [-0.4, -0.2) is 0 Å². The average Bonchev–Trinajstić information content (AvgIpc) is 0.678. The lowest BCUT2D eigenvalue weighted by Crippen LogP contribution is -2.21. The minimum absolute atomic E-state index is 2.72. The fourth-order valence-corrected chi connectivity index (χ4v) is 4.33. The van der Waals surface area contributed by atoms with Crippen LogP contribution < -0.4 is 13.6 Å². The molecule has 3 rings (SSSR count). The molecular formula is C42H63O4P. The average molecular weight is 726 g/mol. The van der Waals surface area contributed by atoms with Gasteiger partial charge in [0.2, 0.25) is 0 Å². The second kappa shape index (κ2) is 12.6. The van der Waals surface area contributed by atoms with Gasteiger partial charge in [0.1, 0.15) is 17.2 Å². The zero-order valence-corrected chi connectivity index (χ0v) is 24.0. The lowest BCUT2D eigenvalue weighted by atomic mass is 9.80. The smallest absolute Gasteiger partial charge is 0.386 e. The summed E-state index contributed by atoms with van der Waals surface area (Å²) in [6.45, 7) is -92.9. The van der Waals surface area contributed by atoms with E-state index in [1.807, 2.05) is 0 Å². The topological polar surface area (TPSA) is 44.8 Å². The number of phosphoric ester groups is 1. The van der Waals surface area contributed by atoms with Gasteiger partial charge in [0.05, 0.1) is 12.3 Å². The summed E-state index contributed by atoms with van der Waals surface area (Å²) in [5.74, 6) is -9.51. The Balaban J connectivity index is 3.78. The van der Waals surface area contributed by atoms with Crippen LogP contribution in [0.1, 0.15) is 243 Å². The summed E-state index contributed by atoms with van der Waals surface area (Å²) in [7, 11) is -8.82. The van der Waals surface area contributed by atoms with Gasteiger partial charge in [-0.1, -0.05) is 160 Å². The van der Waals surface area contributed by atoms with E-state index in [1.54, 1.807) is 0 Å². The standard InChI is InChI=1S/C42H63O4P/c1-37(2,3)28-19-22-34(31(25-28)40(10,11)12)44-47(43,45-35-23-20-29(38(4,5)6)26-32(35)41(13,14)15)46-36-24-21-30(39(7,8)9)27-33(36)42(16,17)18/h19-27H,1-18H3/i1D3,2D3,3D3,4D3,5D3,6D3,7D3,8D3,9D3,10D3,11D3,12D3,13D3,14D3,15D3,16D3,17D3,18D3,19D,20D,21D,22D,23D,24D,25D,26D,27D. The molecule has 0 unspecified atom stereocenters. The van der Waals surface area contributed by atoms with Crippen LogP contribution in [0.5, 0.6) is 17.2 Å². The van der Waals surface area contributed by atoms with Crippen molar-refractivity contribution in [3.8, 4) is 17.2 Å². The molecule has 3 aromatic carbocycles. The van der Waals surface area contributed by atoms with Gasteiger partial charge in [-0.3, -0.25) is 0 Å². The third-order valence-electron chi connectivity index (χ3n) is 5.19. The van der Waals surface area contributed by atoms with Gasteiger partial charge in [-0.25, -0.2) is 0 Å². The Morgan fingerprint density at radius 3 is 0.872 bits per heavy atom. The van der Waals surface area contributed by atoms with E-state index in [0.29, 0.717) is 0 Å². The highest BCUT2D eigenvalue weighted by Gasteiger charge is 2.39. The number of benzene rings is 3. The molecule has 4 nitrogen and oxygen atoms in total. The lowest BCUT2D eigenvalue weighted by Gasteiger charge is -2.31. The second-order valence-electron chi connectivity index (χ2n) is 9.58. The maximum absolute atomic E-state index is 17.4. The molecule has 47 heavy (non-hydrogen) atoms. The van der Waals surface area contributed by atoms with Crippen molar-refractivity contribution < 1.29 is 104 Å². The van der Waals surface area contributed by atoms with Gasteiger partial charge in [0, 0.05) is 90.7 Å². The third kappa shape index (κ3) is 9.69. The first-order chi connectivity index (χ1) is 47.2. The quantitative estimate of drug-likeness (QED) is 0.237. The summed E-state index contributed by atoms with van der Waals surface area (Å²) >= 11 is 0. The first-order valence-corrected chi connectivity index (χ1v) is 13.3. The molecule has 0 saturated carbocycles. The van der Waals surface area contributed by atoms with Gasteiger partial charge in [0.25, 0.3) is 0 Å². The highest BCUT2D eigenvalue weighted by atomic mass is 31.2. The summed E-state index contributed by atoms with van der Waals surface area (Å²) < 4.78 is 581. The van der Waals surface area contributed by atoms with Crippen molar-refractivity contribution in [3.63, 3.8) is 0 Å². The van der Waals surface area contributed by atoms with E-state index in [9.17, 15) is 12.3 Å². The van der Waals surface area contributed by atoms with E-state index in [0.717, 1.165) is 0 Å². The van der Waals surface area contributed by atoms with E-state index in [2.05, 4.69) is 0 Å². The maximum atomic E-state index is 17.4. The predicted octanol–water partition coefficient (Wildman–Crippen LogP) is 13.1. The number of phosphoric acid groups is 1. The Kier molecular flexibility index (Phi) is 1.87. The molecule has 0 radical (unpaired) electrons. The van der Waals surface area contributed by atoms with Crippen molar-refractivity contribution in [2.75, 3.05) is 0 Å². The molecule has 0 fully saturated rings. The van der Waals surface area contributed by atoms with Crippen LogP contribution in [0.2, 0.25) is 0 Å². The van der Waals surface area contributed by atoms with E-state index in [1.165, 1.54) is 0 Å². The maximum Gasteiger partial charge on any atom is 0.647 e. The van der Waals surface area contributed by atoms with E-state index < -0.39 is 269 Å². The molecular weight excluding hydrogens is 599 g/mol. The van der Waals surface area contributed by atoms with Crippen LogP contribution in [0.15, 0.2) is 54.4 Å². The highest BCUT2D eigenvalue weighted by Crippen LogP contribution is 2.55. The summed E-state index contributed by atoms with van der Waals surface area (Å²) in [5, 5.41) is 0. The molecule has 260 valence electrons. The lowest BCUT2D eigenvalue weighted by molar-refractivity contribution is 0.290. The summed E-state index contributed by atoms with van der Waals surface area (Å²) in [6.07, 6.45) is 0. The number of hydrogen-bond acceptors (Lipinski definition) is 4. The van der Waals surface area contributed by atoms with E-state index in [4.69, 9.17) is 87.6 Å².